The monoisotopic (exact) mass is 674 g/mol. The molecule has 1 aliphatic rings. The first-order valence-electron chi connectivity index (χ1n) is 19.9. The van der Waals surface area contributed by atoms with Gasteiger partial charge in [0.1, 0.15) is 24.0 Å². The van der Waals surface area contributed by atoms with Crippen molar-refractivity contribution < 1.29 is 10.2 Å². The maximum atomic E-state index is 8.89. The third-order valence-electron chi connectivity index (χ3n) is 9.81. The molecule has 0 amide bonds. The summed E-state index contributed by atoms with van der Waals surface area (Å²) < 4.78 is 42.8. The van der Waals surface area contributed by atoms with E-state index in [4.69, 9.17) is 15.2 Å². The molecule has 0 saturated heterocycles. The van der Waals surface area contributed by atoms with Gasteiger partial charge in [-0.1, -0.05) is 90.9 Å². The van der Waals surface area contributed by atoms with Crippen LogP contribution in [0.5, 0.6) is 11.5 Å². The highest BCUT2D eigenvalue weighted by Crippen LogP contribution is 2.46. The van der Waals surface area contributed by atoms with E-state index in [1.807, 2.05) is 54.7 Å². The van der Waals surface area contributed by atoms with Crippen LogP contribution in [0.3, 0.4) is 0 Å². The zero-order valence-corrected chi connectivity index (χ0v) is 29.9. The van der Waals surface area contributed by atoms with Crippen LogP contribution in [0, 0.1) is 0 Å². The van der Waals surface area contributed by atoms with Crippen LogP contribution in [-0.4, -0.2) is 16.2 Å². The molecule has 0 spiro atoms. The molecule has 256 valence electrons. The Balaban J connectivity index is 1.15. The normalized spacial score (nSPS) is 16.6. The molecule has 2 aromatic heterocycles. The number of anilines is 4. The van der Waals surface area contributed by atoms with E-state index in [-0.39, 0.29) is 19.2 Å². The zero-order valence-electron chi connectivity index (χ0n) is 33.9. The molecule has 1 aliphatic heterocycles. The van der Waals surface area contributed by atoms with Crippen molar-refractivity contribution in [1.29, 1.82) is 0 Å². The molecule has 0 radical (unpaired) electrons. The van der Waals surface area contributed by atoms with Crippen molar-refractivity contribution >= 4 is 44.6 Å². The van der Waals surface area contributed by atoms with Gasteiger partial charge in [-0.3, -0.25) is 4.57 Å². The van der Waals surface area contributed by atoms with Crippen molar-refractivity contribution in [2.45, 2.75) is 65.6 Å². The zero-order chi connectivity index (χ0) is 38.7. The standard InChI is InChI=1S/C46H46N4O/c1-30(2)32-23-33(31(3)4)25-36(24-32)49-29-48(42-17-10-11-18-43(42)49)35-13-12-14-37(27-35)51-38-19-20-40-39-15-8-9-16-41(39)50(44(40)28-38)45-26-34(21-22-47-45)46(5,6)7/h8-28,30-31H,29H2,1-7H3/i1D,3D,30D,31D. The van der Waals surface area contributed by atoms with Gasteiger partial charge in [-0.2, -0.15) is 0 Å². The fourth-order valence-corrected chi connectivity index (χ4v) is 7.03. The molecule has 2 unspecified atom stereocenters. The summed E-state index contributed by atoms with van der Waals surface area (Å²) in [4.78, 5) is 9.25. The summed E-state index contributed by atoms with van der Waals surface area (Å²) in [5.74, 6) is -0.0235. The van der Waals surface area contributed by atoms with Crippen LogP contribution in [0.4, 0.5) is 22.7 Å². The number of benzene rings is 5. The molecule has 51 heavy (non-hydrogen) atoms. The lowest BCUT2D eigenvalue weighted by atomic mass is 9.88. The number of nitrogens with zero attached hydrogens (tertiary/aromatic N) is 4. The number of aromatic nitrogens is 2. The van der Waals surface area contributed by atoms with Gasteiger partial charge in [0.05, 0.1) is 22.4 Å². The first kappa shape index (κ1) is 28.2. The summed E-state index contributed by atoms with van der Waals surface area (Å²) in [6, 6.07) is 41.0. The number of fused-ring (bicyclic) bond motifs is 4. The molecule has 0 bridgehead atoms. The minimum Gasteiger partial charge on any atom is -0.457 e. The largest absolute Gasteiger partial charge is 0.457 e. The highest BCUT2D eigenvalue weighted by Gasteiger charge is 2.29. The summed E-state index contributed by atoms with van der Waals surface area (Å²) in [6.45, 7) is 10.4. The Morgan fingerprint density at radius 1 is 0.667 bits per heavy atom. The first-order chi connectivity index (χ1) is 26.3. The number of hydrogen-bond donors (Lipinski definition) is 0. The molecule has 8 rings (SSSR count). The Morgan fingerprint density at radius 3 is 2.06 bits per heavy atom. The molecule has 0 N–H and O–H groups in total. The number of pyridine rings is 1. The maximum absolute atomic E-state index is 8.89. The first-order valence-corrected chi connectivity index (χ1v) is 17.4. The van der Waals surface area contributed by atoms with E-state index in [1.54, 1.807) is 13.8 Å². The van der Waals surface area contributed by atoms with Gasteiger partial charge in [0.2, 0.25) is 0 Å². The van der Waals surface area contributed by atoms with Crippen molar-refractivity contribution in [2.75, 3.05) is 16.5 Å². The molecular weight excluding hydrogens is 625 g/mol. The highest BCUT2D eigenvalue weighted by molar-refractivity contribution is 6.09. The van der Waals surface area contributed by atoms with E-state index in [0.717, 1.165) is 50.4 Å². The summed E-state index contributed by atoms with van der Waals surface area (Å²) >= 11 is 0. The number of hydrogen-bond acceptors (Lipinski definition) is 4. The van der Waals surface area contributed by atoms with Crippen LogP contribution < -0.4 is 14.5 Å². The number of ether oxygens (including phenoxy) is 1. The summed E-state index contributed by atoms with van der Waals surface area (Å²) in [7, 11) is 0. The lowest BCUT2D eigenvalue weighted by molar-refractivity contribution is 0.483. The molecule has 7 aromatic rings. The van der Waals surface area contributed by atoms with E-state index in [0.29, 0.717) is 29.3 Å². The maximum Gasteiger partial charge on any atom is 0.137 e. The van der Waals surface area contributed by atoms with Crippen LogP contribution in [0.15, 0.2) is 128 Å². The lowest BCUT2D eigenvalue weighted by Gasteiger charge is -2.24. The molecule has 3 heterocycles. The smallest absolute Gasteiger partial charge is 0.137 e. The van der Waals surface area contributed by atoms with Crippen LogP contribution in [0.2, 0.25) is 0 Å². The quantitative estimate of drug-likeness (QED) is 0.168. The van der Waals surface area contributed by atoms with E-state index >= 15 is 0 Å². The van der Waals surface area contributed by atoms with Crippen molar-refractivity contribution in [2.24, 2.45) is 0 Å². The minimum absolute atomic E-state index is 0.0211. The van der Waals surface area contributed by atoms with E-state index in [2.05, 4.69) is 108 Å². The van der Waals surface area contributed by atoms with E-state index < -0.39 is 11.8 Å². The third kappa shape index (κ3) is 6.01. The average Bonchev–Trinajstić information content (AvgIpc) is 3.74. The number of rotatable bonds is 7. The molecule has 5 heteroatoms. The van der Waals surface area contributed by atoms with Crippen LogP contribution in [-0.2, 0) is 5.41 Å². The summed E-state index contributed by atoms with van der Waals surface area (Å²) in [5, 5.41) is 2.28. The van der Waals surface area contributed by atoms with Crippen LogP contribution >= 0.6 is 0 Å². The molecule has 0 aliphatic carbocycles. The van der Waals surface area contributed by atoms with Crippen molar-refractivity contribution in [1.82, 2.24) is 9.55 Å². The Morgan fingerprint density at radius 2 is 1.33 bits per heavy atom. The van der Waals surface area contributed by atoms with E-state index in [1.165, 1.54) is 5.56 Å². The van der Waals surface area contributed by atoms with Crippen LogP contribution in [0.1, 0.15) is 82.4 Å². The SMILES string of the molecule is [2H]CC([2H])(C)c1cc(N2CN(c3cccc(Oc4ccc5c6ccccc6n(-c6cc(C(C)(C)C)ccn6)c5c4)c3)c3ccccc32)cc(C([2H])(C)C[2H])c1. The summed E-state index contributed by atoms with van der Waals surface area (Å²) in [5.41, 5.74) is 8.44. The topological polar surface area (TPSA) is 33.5 Å². The second-order valence-electron chi connectivity index (χ2n) is 14.6. The fourth-order valence-electron chi connectivity index (χ4n) is 7.03. The second kappa shape index (κ2) is 12.6. The Kier molecular flexibility index (Phi) is 6.99. The molecule has 5 aromatic carbocycles. The van der Waals surface area contributed by atoms with Gasteiger partial charge in [0.25, 0.3) is 0 Å². The number of para-hydroxylation sites is 3. The van der Waals surface area contributed by atoms with Crippen molar-refractivity contribution in [3.63, 3.8) is 0 Å². The van der Waals surface area contributed by atoms with Gasteiger partial charge in [-0.25, -0.2) is 4.98 Å². The lowest BCUT2D eigenvalue weighted by Crippen LogP contribution is -2.24. The summed E-state index contributed by atoms with van der Waals surface area (Å²) in [6.07, 6.45) is 1.89. The molecule has 0 fully saturated rings. The van der Waals surface area contributed by atoms with Gasteiger partial charge in [0.15, 0.2) is 0 Å². The van der Waals surface area contributed by atoms with Crippen molar-refractivity contribution in [3.05, 3.63) is 144 Å². The van der Waals surface area contributed by atoms with Gasteiger partial charge in [-0.05, 0) is 101 Å². The predicted octanol–water partition coefficient (Wildman–Crippen LogP) is 12.8. The van der Waals surface area contributed by atoms with E-state index in [9.17, 15) is 0 Å². The Hall–Kier alpha value is -5.55. The molecule has 0 saturated carbocycles. The molecule has 5 nitrogen and oxygen atoms in total. The Labute approximate surface area is 307 Å². The predicted molar refractivity (Wildman–Crippen MR) is 214 cm³/mol. The van der Waals surface area contributed by atoms with Gasteiger partial charge in [-0.15, -0.1) is 0 Å². The molecular formula is C46H46N4O. The minimum atomic E-state index is -1.15. The Bertz CT molecular complexity index is 2520. The molecule has 2 atom stereocenters. The fraction of sp³-hybridized carbons (Fsp3) is 0.239. The van der Waals surface area contributed by atoms with Gasteiger partial charge < -0.3 is 14.5 Å². The third-order valence-corrected chi connectivity index (χ3v) is 9.81. The van der Waals surface area contributed by atoms with Gasteiger partial charge >= 0.3 is 0 Å². The van der Waals surface area contributed by atoms with Crippen molar-refractivity contribution in [3.8, 4) is 17.3 Å². The highest BCUT2D eigenvalue weighted by atomic mass is 16.5. The van der Waals surface area contributed by atoms with Crippen LogP contribution in [0.25, 0.3) is 27.6 Å². The average molecular weight is 675 g/mol. The second-order valence-corrected chi connectivity index (χ2v) is 14.6. The van der Waals surface area contributed by atoms with Gasteiger partial charge in [0, 0.05) is 46.0 Å².